The summed E-state index contributed by atoms with van der Waals surface area (Å²) in [4.78, 5) is 0. The van der Waals surface area contributed by atoms with E-state index < -0.39 is 0 Å². The van der Waals surface area contributed by atoms with Crippen LogP contribution in [0.15, 0.2) is 24.3 Å². The molecule has 3 nitrogen and oxygen atoms in total. The molecule has 0 heterocycles. The zero-order chi connectivity index (χ0) is 12.2. The van der Waals surface area contributed by atoms with Crippen molar-refractivity contribution in [2.75, 3.05) is 11.9 Å². The number of anilines is 1. The third-order valence-corrected chi connectivity index (χ3v) is 2.23. The lowest BCUT2D eigenvalue weighted by Crippen LogP contribution is -2.39. The molecule has 0 saturated heterocycles. The Bertz CT molecular complexity index is 334. The number of benzene rings is 1. The van der Waals surface area contributed by atoms with Crippen molar-refractivity contribution in [1.82, 2.24) is 0 Å². The molecular weight excluding hydrogens is 200 g/mol. The fourth-order valence-corrected chi connectivity index (χ4v) is 1.34. The molecule has 1 aromatic rings. The normalized spacial score (nSPS) is 11.6. The van der Waals surface area contributed by atoms with Crippen molar-refractivity contribution in [3.63, 3.8) is 0 Å². The Kier molecular flexibility index (Phi) is 4.19. The van der Waals surface area contributed by atoms with E-state index >= 15 is 0 Å². The average Bonchev–Trinajstić information content (AvgIpc) is 2.20. The van der Waals surface area contributed by atoms with Gasteiger partial charge in [0.25, 0.3) is 0 Å². The molecule has 3 heteroatoms. The van der Waals surface area contributed by atoms with E-state index in [1.807, 2.05) is 38.1 Å². The molecule has 0 aromatic heterocycles. The van der Waals surface area contributed by atoms with Crippen molar-refractivity contribution in [2.24, 2.45) is 5.73 Å². The Morgan fingerprint density at radius 1 is 1.31 bits per heavy atom. The second kappa shape index (κ2) is 5.21. The maximum absolute atomic E-state index is 5.73. The van der Waals surface area contributed by atoms with Crippen LogP contribution in [0, 0.1) is 0 Å². The molecule has 1 aromatic carbocycles. The predicted octanol–water partition coefficient (Wildman–Crippen LogP) is 2.62. The van der Waals surface area contributed by atoms with E-state index in [0.717, 1.165) is 11.4 Å². The van der Waals surface area contributed by atoms with Crippen molar-refractivity contribution < 1.29 is 4.74 Å². The van der Waals surface area contributed by atoms with Crippen molar-refractivity contribution >= 4 is 5.69 Å². The summed E-state index contributed by atoms with van der Waals surface area (Å²) in [5.41, 5.74) is 6.57. The number of hydrogen-bond donors (Lipinski definition) is 2. The molecule has 0 fully saturated rings. The summed E-state index contributed by atoms with van der Waals surface area (Å²) >= 11 is 0. The molecule has 0 radical (unpaired) electrons. The molecule has 0 atom stereocenters. The van der Waals surface area contributed by atoms with E-state index in [1.165, 1.54) is 0 Å². The third kappa shape index (κ3) is 3.74. The van der Waals surface area contributed by atoms with Gasteiger partial charge in [0.2, 0.25) is 0 Å². The topological polar surface area (TPSA) is 47.3 Å². The van der Waals surface area contributed by atoms with Crippen LogP contribution in [-0.4, -0.2) is 18.2 Å². The van der Waals surface area contributed by atoms with Crippen LogP contribution in [-0.2, 0) is 0 Å². The number of rotatable bonds is 5. The van der Waals surface area contributed by atoms with Gasteiger partial charge in [-0.25, -0.2) is 0 Å². The maximum atomic E-state index is 5.73. The Labute approximate surface area is 98.0 Å². The summed E-state index contributed by atoms with van der Waals surface area (Å²) in [6.07, 6.45) is 0.170. The first-order valence-corrected chi connectivity index (χ1v) is 5.68. The molecule has 0 amide bonds. The standard InChI is InChI=1S/C13H22N2O/c1-10(2)16-12-8-6-5-7-11(12)15-13(3,4)9-14/h5-8,10,15H,9,14H2,1-4H3. The zero-order valence-electron chi connectivity index (χ0n) is 10.6. The van der Waals surface area contributed by atoms with Crippen molar-refractivity contribution in [1.29, 1.82) is 0 Å². The van der Waals surface area contributed by atoms with Crippen LogP contribution in [0.1, 0.15) is 27.7 Å². The van der Waals surface area contributed by atoms with Crippen LogP contribution in [0.25, 0.3) is 0 Å². The van der Waals surface area contributed by atoms with Gasteiger partial charge in [0.1, 0.15) is 5.75 Å². The highest BCUT2D eigenvalue weighted by atomic mass is 16.5. The number of nitrogens with two attached hydrogens (primary N) is 1. The van der Waals surface area contributed by atoms with E-state index in [9.17, 15) is 0 Å². The zero-order valence-corrected chi connectivity index (χ0v) is 10.6. The van der Waals surface area contributed by atoms with Gasteiger partial charge in [0.15, 0.2) is 0 Å². The SMILES string of the molecule is CC(C)Oc1ccccc1NC(C)(C)CN. The van der Waals surface area contributed by atoms with Crippen LogP contribution >= 0.6 is 0 Å². The first kappa shape index (κ1) is 12.8. The van der Waals surface area contributed by atoms with Crippen LogP contribution in [0.3, 0.4) is 0 Å². The van der Waals surface area contributed by atoms with Crippen LogP contribution < -0.4 is 15.8 Å². The summed E-state index contributed by atoms with van der Waals surface area (Å²) in [6.45, 7) is 8.75. The first-order chi connectivity index (χ1) is 7.44. The Morgan fingerprint density at radius 2 is 1.94 bits per heavy atom. The minimum atomic E-state index is -0.129. The summed E-state index contributed by atoms with van der Waals surface area (Å²) in [6, 6.07) is 7.94. The van der Waals surface area contributed by atoms with E-state index in [-0.39, 0.29) is 11.6 Å². The van der Waals surface area contributed by atoms with Crippen molar-refractivity contribution in [3.8, 4) is 5.75 Å². The molecule has 0 aliphatic carbocycles. The van der Waals surface area contributed by atoms with Gasteiger partial charge in [-0.15, -0.1) is 0 Å². The van der Waals surface area contributed by atoms with E-state index in [2.05, 4.69) is 19.2 Å². The van der Waals surface area contributed by atoms with E-state index in [0.29, 0.717) is 6.54 Å². The van der Waals surface area contributed by atoms with Crippen LogP contribution in [0.4, 0.5) is 5.69 Å². The third-order valence-electron chi connectivity index (χ3n) is 2.23. The molecule has 0 saturated carbocycles. The lowest BCUT2D eigenvalue weighted by atomic mass is 10.1. The number of hydrogen-bond acceptors (Lipinski definition) is 3. The molecule has 0 aliphatic heterocycles. The molecule has 0 spiro atoms. The molecule has 1 rings (SSSR count). The van der Waals surface area contributed by atoms with Crippen LogP contribution in [0.2, 0.25) is 0 Å². The predicted molar refractivity (Wildman–Crippen MR) is 69.0 cm³/mol. The highest BCUT2D eigenvalue weighted by Gasteiger charge is 2.17. The number of nitrogens with one attached hydrogen (secondary N) is 1. The van der Waals surface area contributed by atoms with Gasteiger partial charge in [-0.3, -0.25) is 0 Å². The Morgan fingerprint density at radius 3 is 2.50 bits per heavy atom. The lowest BCUT2D eigenvalue weighted by Gasteiger charge is -2.27. The molecule has 16 heavy (non-hydrogen) atoms. The van der Waals surface area contributed by atoms with Gasteiger partial charge in [0, 0.05) is 12.1 Å². The molecule has 90 valence electrons. The fraction of sp³-hybridized carbons (Fsp3) is 0.538. The first-order valence-electron chi connectivity index (χ1n) is 5.68. The van der Waals surface area contributed by atoms with Gasteiger partial charge >= 0.3 is 0 Å². The monoisotopic (exact) mass is 222 g/mol. The van der Waals surface area contributed by atoms with Crippen molar-refractivity contribution in [2.45, 2.75) is 39.3 Å². The second-order valence-corrected chi connectivity index (χ2v) is 4.88. The van der Waals surface area contributed by atoms with E-state index in [4.69, 9.17) is 10.5 Å². The minimum absolute atomic E-state index is 0.129. The average molecular weight is 222 g/mol. The minimum Gasteiger partial charge on any atom is -0.489 e. The van der Waals surface area contributed by atoms with Gasteiger partial charge < -0.3 is 15.8 Å². The molecular formula is C13H22N2O. The summed E-state index contributed by atoms with van der Waals surface area (Å²) in [7, 11) is 0. The molecule has 0 unspecified atom stereocenters. The van der Waals surface area contributed by atoms with E-state index in [1.54, 1.807) is 0 Å². The highest BCUT2D eigenvalue weighted by Crippen LogP contribution is 2.27. The molecule has 0 bridgehead atoms. The summed E-state index contributed by atoms with van der Waals surface area (Å²) in [5.74, 6) is 0.874. The second-order valence-electron chi connectivity index (χ2n) is 4.88. The number of para-hydroxylation sites is 2. The fourth-order valence-electron chi connectivity index (χ4n) is 1.34. The van der Waals surface area contributed by atoms with Crippen molar-refractivity contribution in [3.05, 3.63) is 24.3 Å². The van der Waals surface area contributed by atoms with Gasteiger partial charge in [-0.1, -0.05) is 12.1 Å². The Hall–Kier alpha value is -1.22. The molecule has 3 N–H and O–H groups in total. The summed E-state index contributed by atoms with van der Waals surface area (Å²) in [5, 5.41) is 3.39. The number of ether oxygens (including phenoxy) is 1. The maximum Gasteiger partial charge on any atom is 0.142 e. The Balaban J connectivity index is 2.86. The largest absolute Gasteiger partial charge is 0.489 e. The van der Waals surface area contributed by atoms with Gasteiger partial charge in [-0.05, 0) is 39.8 Å². The lowest BCUT2D eigenvalue weighted by molar-refractivity contribution is 0.243. The quantitative estimate of drug-likeness (QED) is 0.805. The van der Waals surface area contributed by atoms with Crippen LogP contribution in [0.5, 0.6) is 5.75 Å². The molecule has 0 aliphatic rings. The van der Waals surface area contributed by atoms with Gasteiger partial charge in [-0.2, -0.15) is 0 Å². The highest BCUT2D eigenvalue weighted by molar-refractivity contribution is 5.57. The smallest absolute Gasteiger partial charge is 0.142 e. The van der Waals surface area contributed by atoms with Gasteiger partial charge in [0.05, 0.1) is 11.8 Å². The summed E-state index contributed by atoms with van der Waals surface area (Å²) < 4.78 is 5.73.